The lowest BCUT2D eigenvalue weighted by atomic mass is 10.0. The molecule has 4 nitrogen and oxygen atoms in total. The molecular formula is C18H34O4S. The second-order valence-corrected chi connectivity index (χ2v) is 8.84. The van der Waals surface area contributed by atoms with E-state index >= 15 is 0 Å². The van der Waals surface area contributed by atoms with Crippen molar-refractivity contribution in [2.75, 3.05) is 12.0 Å². The van der Waals surface area contributed by atoms with Gasteiger partial charge in [0.25, 0.3) is 0 Å². The highest BCUT2D eigenvalue weighted by molar-refractivity contribution is 7.91. The average molecular weight is 347 g/mol. The minimum atomic E-state index is -3.16. The van der Waals surface area contributed by atoms with Gasteiger partial charge in [0.1, 0.15) is 17.3 Å². The summed E-state index contributed by atoms with van der Waals surface area (Å²) in [6.07, 6.45) is 14.9. The molecule has 0 saturated heterocycles. The molecule has 0 aliphatic carbocycles. The van der Waals surface area contributed by atoms with Crippen molar-refractivity contribution in [1.82, 2.24) is 0 Å². The average Bonchev–Trinajstić information content (AvgIpc) is 2.41. The van der Waals surface area contributed by atoms with Crippen LogP contribution in [0.3, 0.4) is 0 Å². The van der Waals surface area contributed by atoms with Crippen molar-refractivity contribution in [3.63, 3.8) is 0 Å². The molecule has 23 heavy (non-hydrogen) atoms. The van der Waals surface area contributed by atoms with Gasteiger partial charge in [-0.15, -0.1) is 0 Å². The van der Waals surface area contributed by atoms with Crippen LogP contribution in [0.25, 0.3) is 0 Å². The van der Waals surface area contributed by atoms with Gasteiger partial charge >= 0.3 is 0 Å². The summed E-state index contributed by atoms with van der Waals surface area (Å²) in [4.78, 5) is 22.2. The fourth-order valence-electron chi connectivity index (χ4n) is 2.65. The Hall–Kier alpha value is -0.710. The van der Waals surface area contributed by atoms with Crippen LogP contribution in [0.15, 0.2) is 0 Å². The number of rotatable bonds is 16. The molecule has 0 rings (SSSR count). The predicted molar refractivity (Wildman–Crippen MR) is 95.4 cm³/mol. The van der Waals surface area contributed by atoms with Gasteiger partial charge in [0.05, 0.1) is 0 Å². The molecule has 0 aliphatic heterocycles. The molecule has 0 atom stereocenters. The zero-order valence-corrected chi connectivity index (χ0v) is 15.8. The zero-order valence-electron chi connectivity index (χ0n) is 14.9. The maximum absolute atomic E-state index is 11.4. The molecule has 0 fully saturated rings. The summed E-state index contributed by atoms with van der Waals surface area (Å²) < 4.78 is 21.9. The highest BCUT2D eigenvalue weighted by Crippen LogP contribution is 2.12. The van der Waals surface area contributed by atoms with E-state index in [1.165, 1.54) is 44.9 Å². The third-order valence-electron chi connectivity index (χ3n) is 3.91. The summed E-state index contributed by atoms with van der Waals surface area (Å²) >= 11 is 0. The molecule has 0 heterocycles. The molecule has 0 aliphatic rings. The molecule has 0 radical (unpaired) electrons. The number of ketones is 2. The maximum atomic E-state index is 11.4. The van der Waals surface area contributed by atoms with Crippen LogP contribution in [-0.4, -0.2) is 32.0 Å². The Bertz CT molecular complexity index is 426. The highest BCUT2D eigenvalue weighted by atomic mass is 32.2. The van der Waals surface area contributed by atoms with Crippen LogP contribution in [0.1, 0.15) is 90.4 Å². The minimum Gasteiger partial charge on any atom is -0.300 e. The SMILES string of the molecule is CC(=O)CCCCCCCCCCCCCC(=O)CS(C)(=O)=O. The molecule has 0 N–H and O–H groups in total. The number of carbonyl (C=O) groups excluding carboxylic acids is 2. The van der Waals surface area contributed by atoms with Gasteiger partial charge in [-0.2, -0.15) is 0 Å². The van der Waals surface area contributed by atoms with Crippen LogP contribution in [-0.2, 0) is 19.4 Å². The lowest BCUT2D eigenvalue weighted by Gasteiger charge is -2.03. The largest absolute Gasteiger partial charge is 0.300 e. The van der Waals surface area contributed by atoms with E-state index in [0.29, 0.717) is 12.2 Å². The minimum absolute atomic E-state index is 0.155. The molecule has 0 bridgehead atoms. The van der Waals surface area contributed by atoms with Crippen molar-refractivity contribution in [1.29, 1.82) is 0 Å². The van der Waals surface area contributed by atoms with Gasteiger partial charge in [0, 0.05) is 19.1 Å². The number of carbonyl (C=O) groups is 2. The summed E-state index contributed by atoms with van der Waals surface area (Å²) in [7, 11) is -3.16. The number of hydrogen-bond donors (Lipinski definition) is 0. The fourth-order valence-corrected chi connectivity index (χ4v) is 3.38. The monoisotopic (exact) mass is 346 g/mol. The molecule has 0 aromatic rings. The van der Waals surface area contributed by atoms with Gasteiger partial charge in [0.15, 0.2) is 9.84 Å². The van der Waals surface area contributed by atoms with Crippen molar-refractivity contribution >= 4 is 21.4 Å². The Morgan fingerprint density at radius 2 is 1.00 bits per heavy atom. The summed E-state index contributed by atoms with van der Waals surface area (Å²) in [5, 5.41) is 0. The maximum Gasteiger partial charge on any atom is 0.154 e. The fraction of sp³-hybridized carbons (Fsp3) is 0.889. The normalized spacial score (nSPS) is 11.6. The van der Waals surface area contributed by atoms with E-state index in [-0.39, 0.29) is 11.5 Å². The Kier molecular flexibility index (Phi) is 13.3. The van der Waals surface area contributed by atoms with E-state index in [1.807, 2.05) is 0 Å². The number of sulfone groups is 1. The molecule has 0 aromatic carbocycles. The molecular weight excluding hydrogens is 312 g/mol. The predicted octanol–water partition coefficient (Wildman–Crippen LogP) is 4.26. The molecule has 136 valence electrons. The third kappa shape index (κ3) is 19.2. The first-order chi connectivity index (χ1) is 10.8. The van der Waals surface area contributed by atoms with Crippen LogP contribution >= 0.6 is 0 Å². The highest BCUT2D eigenvalue weighted by Gasteiger charge is 2.09. The van der Waals surface area contributed by atoms with Crippen molar-refractivity contribution in [2.45, 2.75) is 90.4 Å². The summed E-state index contributed by atoms with van der Waals surface area (Å²) in [6, 6.07) is 0. The van der Waals surface area contributed by atoms with E-state index < -0.39 is 9.84 Å². The van der Waals surface area contributed by atoms with E-state index in [2.05, 4.69) is 0 Å². The molecule has 0 amide bonds. The first-order valence-corrected chi connectivity index (χ1v) is 11.1. The first-order valence-electron chi connectivity index (χ1n) is 9.00. The van der Waals surface area contributed by atoms with Crippen LogP contribution in [0.2, 0.25) is 0 Å². The lowest BCUT2D eigenvalue weighted by Crippen LogP contribution is -2.13. The number of hydrogen-bond acceptors (Lipinski definition) is 4. The van der Waals surface area contributed by atoms with Crippen molar-refractivity contribution in [2.24, 2.45) is 0 Å². The Morgan fingerprint density at radius 3 is 1.35 bits per heavy atom. The van der Waals surface area contributed by atoms with Gasteiger partial charge in [-0.3, -0.25) is 4.79 Å². The summed E-state index contributed by atoms with van der Waals surface area (Å²) in [5.74, 6) is -0.167. The molecule has 5 heteroatoms. The van der Waals surface area contributed by atoms with Crippen LogP contribution in [0.4, 0.5) is 0 Å². The standard InChI is InChI=1S/C18H34O4S/c1-17(19)14-12-10-8-6-4-3-5-7-9-11-13-15-18(20)16-23(2,21)22/h3-16H2,1-2H3. The Morgan fingerprint density at radius 1 is 0.652 bits per heavy atom. The van der Waals surface area contributed by atoms with Crippen LogP contribution in [0, 0.1) is 0 Å². The third-order valence-corrected chi connectivity index (χ3v) is 4.75. The second kappa shape index (κ2) is 13.7. The van der Waals surface area contributed by atoms with Crippen molar-refractivity contribution in [3.8, 4) is 0 Å². The Labute approximate surface area is 142 Å². The quantitative estimate of drug-likeness (QED) is 0.392. The van der Waals surface area contributed by atoms with E-state index in [4.69, 9.17) is 0 Å². The number of unbranched alkanes of at least 4 members (excludes halogenated alkanes) is 10. The smallest absolute Gasteiger partial charge is 0.154 e. The zero-order chi connectivity index (χ0) is 17.6. The van der Waals surface area contributed by atoms with E-state index in [0.717, 1.165) is 38.4 Å². The van der Waals surface area contributed by atoms with E-state index in [9.17, 15) is 18.0 Å². The van der Waals surface area contributed by atoms with Gasteiger partial charge in [-0.1, -0.05) is 57.8 Å². The molecule has 0 spiro atoms. The molecule has 0 aromatic heterocycles. The summed E-state index contributed by atoms with van der Waals surface area (Å²) in [5.41, 5.74) is 0. The molecule has 0 unspecified atom stereocenters. The molecule has 0 saturated carbocycles. The topological polar surface area (TPSA) is 68.3 Å². The van der Waals surface area contributed by atoms with Crippen molar-refractivity contribution < 1.29 is 18.0 Å². The van der Waals surface area contributed by atoms with Crippen LogP contribution in [0.5, 0.6) is 0 Å². The lowest BCUT2D eigenvalue weighted by molar-refractivity contribution is -0.117. The van der Waals surface area contributed by atoms with Gasteiger partial charge in [-0.05, 0) is 19.8 Å². The van der Waals surface area contributed by atoms with Crippen LogP contribution < -0.4 is 0 Å². The van der Waals surface area contributed by atoms with Gasteiger partial charge in [-0.25, -0.2) is 8.42 Å². The second-order valence-electron chi connectivity index (χ2n) is 6.70. The summed E-state index contributed by atoms with van der Waals surface area (Å²) in [6.45, 7) is 1.65. The Balaban J connectivity index is 3.22. The van der Waals surface area contributed by atoms with Crippen molar-refractivity contribution in [3.05, 3.63) is 0 Å². The van der Waals surface area contributed by atoms with Gasteiger partial charge < -0.3 is 4.79 Å². The van der Waals surface area contributed by atoms with E-state index in [1.54, 1.807) is 6.92 Å². The number of Topliss-reactive ketones (excluding diaryl/α,β-unsaturated/α-hetero) is 2. The first kappa shape index (κ1) is 22.3. The van der Waals surface area contributed by atoms with Gasteiger partial charge in [0.2, 0.25) is 0 Å².